The second-order valence-corrected chi connectivity index (χ2v) is 11.6. The van der Waals surface area contributed by atoms with Crippen LogP contribution in [0.15, 0.2) is 96.0 Å². The lowest BCUT2D eigenvalue weighted by molar-refractivity contribution is 0.236. The normalized spacial score (nSPS) is 11.4. The van der Waals surface area contributed by atoms with Crippen molar-refractivity contribution >= 4 is 22.7 Å². The van der Waals surface area contributed by atoms with Crippen LogP contribution in [0.3, 0.4) is 0 Å². The first-order chi connectivity index (χ1) is 18.6. The minimum Gasteiger partial charge on any atom is -0.507 e. The van der Waals surface area contributed by atoms with Crippen LogP contribution in [0.4, 0.5) is 0 Å². The number of hydrogen-bond acceptors (Lipinski definition) is 7. The lowest BCUT2D eigenvalue weighted by atomic mass is 10.0. The van der Waals surface area contributed by atoms with Crippen molar-refractivity contribution in [2.24, 2.45) is 0 Å². The van der Waals surface area contributed by atoms with E-state index in [1.165, 1.54) is 9.75 Å². The predicted octanol–water partition coefficient (Wildman–Crippen LogP) is 7.02. The van der Waals surface area contributed by atoms with Crippen LogP contribution in [-0.4, -0.2) is 24.9 Å². The molecule has 0 unspecified atom stereocenters. The number of phenols is 1. The number of rotatable bonds is 12. The summed E-state index contributed by atoms with van der Waals surface area (Å²) in [5, 5.41) is 15.7. The lowest BCUT2D eigenvalue weighted by Crippen LogP contribution is -2.24. The molecule has 194 valence electrons. The molecule has 38 heavy (non-hydrogen) atoms. The Morgan fingerprint density at radius 3 is 1.53 bits per heavy atom. The maximum absolute atomic E-state index is 11.5. The van der Waals surface area contributed by atoms with Gasteiger partial charge in [-0.3, -0.25) is 19.8 Å². The molecule has 0 amide bonds. The van der Waals surface area contributed by atoms with Crippen molar-refractivity contribution in [3.63, 3.8) is 0 Å². The average Bonchev–Trinajstić information content (AvgIpc) is 3.63. The summed E-state index contributed by atoms with van der Waals surface area (Å²) in [7, 11) is 0. The van der Waals surface area contributed by atoms with Crippen LogP contribution < -0.4 is 0 Å². The van der Waals surface area contributed by atoms with Gasteiger partial charge in [-0.1, -0.05) is 42.0 Å². The van der Waals surface area contributed by atoms with E-state index in [0.29, 0.717) is 31.9 Å². The largest absolute Gasteiger partial charge is 0.507 e. The fourth-order valence-corrected chi connectivity index (χ4v) is 6.17. The molecule has 5 nitrogen and oxygen atoms in total. The molecule has 0 spiro atoms. The molecule has 0 aliphatic rings. The highest BCUT2D eigenvalue weighted by Gasteiger charge is 2.18. The molecule has 0 aliphatic carbocycles. The van der Waals surface area contributed by atoms with Crippen molar-refractivity contribution < 1.29 is 5.11 Å². The third-order valence-electron chi connectivity index (χ3n) is 6.34. The van der Waals surface area contributed by atoms with Gasteiger partial charge >= 0.3 is 0 Å². The molecule has 4 aromatic heterocycles. The lowest BCUT2D eigenvalue weighted by Gasteiger charge is -2.25. The molecular weight excluding hydrogens is 509 g/mol. The quantitative estimate of drug-likeness (QED) is 0.184. The van der Waals surface area contributed by atoms with Gasteiger partial charge in [-0.25, -0.2) is 0 Å². The minimum absolute atomic E-state index is 0.380. The first kappa shape index (κ1) is 26.3. The molecule has 5 aromatic rings. The van der Waals surface area contributed by atoms with Gasteiger partial charge in [0.05, 0.1) is 11.4 Å². The Labute approximate surface area is 232 Å². The van der Waals surface area contributed by atoms with Gasteiger partial charge in [0.15, 0.2) is 0 Å². The van der Waals surface area contributed by atoms with E-state index in [9.17, 15) is 5.11 Å². The van der Waals surface area contributed by atoms with E-state index >= 15 is 0 Å². The topological polar surface area (TPSA) is 52.5 Å². The molecule has 0 saturated heterocycles. The molecule has 4 heterocycles. The Balaban J connectivity index is 1.39. The Kier molecular flexibility index (Phi) is 8.94. The summed E-state index contributed by atoms with van der Waals surface area (Å²) in [6, 6.07) is 24.8. The minimum atomic E-state index is 0.380. The number of aromatic nitrogens is 2. The Bertz CT molecular complexity index is 1290. The van der Waals surface area contributed by atoms with Gasteiger partial charge in [0.1, 0.15) is 5.75 Å². The van der Waals surface area contributed by atoms with E-state index in [-0.39, 0.29) is 0 Å². The van der Waals surface area contributed by atoms with Crippen molar-refractivity contribution in [2.75, 3.05) is 0 Å². The summed E-state index contributed by atoms with van der Waals surface area (Å²) in [6.45, 7) is 6.43. The van der Waals surface area contributed by atoms with Crippen LogP contribution >= 0.6 is 22.7 Å². The van der Waals surface area contributed by atoms with Crippen molar-refractivity contribution in [3.8, 4) is 5.75 Å². The summed E-state index contributed by atoms with van der Waals surface area (Å²) in [5.74, 6) is 0.380. The monoisotopic (exact) mass is 540 g/mol. The molecule has 0 radical (unpaired) electrons. The fraction of sp³-hybridized carbons (Fsp3) is 0.226. The Hall–Kier alpha value is -3.36. The maximum Gasteiger partial charge on any atom is 0.124 e. The van der Waals surface area contributed by atoms with Crippen LogP contribution in [0.2, 0.25) is 0 Å². The molecular formula is C31H32N4OS2. The molecule has 0 aliphatic heterocycles. The summed E-state index contributed by atoms with van der Waals surface area (Å²) < 4.78 is 0. The molecule has 5 rings (SSSR count). The zero-order valence-corrected chi connectivity index (χ0v) is 23.2. The Morgan fingerprint density at radius 1 is 0.632 bits per heavy atom. The molecule has 0 atom stereocenters. The number of aromatic hydroxyl groups is 1. The van der Waals surface area contributed by atoms with E-state index < -0.39 is 0 Å². The van der Waals surface area contributed by atoms with E-state index in [1.54, 1.807) is 22.7 Å². The zero-order chi connectivity index (χ0) is 26.2. The molecule has 0 fully saturated rings. The van der Waals surface area contributed by atoms with Crippen molar-refractivity contribution in [1.82, 2.24) is 19.8 Å². The van der Waals surface area contributed by atoms with Crippen LogP contribution in [-0.2, 0) is 39.3 Å². The third-order valence-corrected chi connectivity index (χ3v) is 8.06. The molecule has 1 N–H and O–H groups in total. The van der Waals surface area contributed by atoms with Crippen LogP contribution in [0.1, 0.15) is 37.8 Å². The number of thiophene rings is 2. The SMILES string of the molecule is Cc1cc(CN(Cc2ccccn2)Cc2cccs2)c(O)c(CN(Cc2ccccn2)Cc2cccs2)c1. The summed E-state index contributed by atoms with van der Waals surface area (Å²) in [4.78, 5) is 16.4. The fourth-order valence-electron chi connectivity index (χ4n) is 4.68. The smallest absolute Gasteiger partial charge is 0.124 e. The zero-order valence-electron chi connectivity index (χ0n) is 21.5. The summed E-state index contributed by atoms with van der Waals surface area (Å²) in [5.41, 5.74) is 5.08. The number of benzene rings is 1. The highest BCUT2D eigenvalue weighted by atomic mass is 32.1. The van der Waals surface area contributed by atoms with Gasteiger partial charge in [-0.2, -0.15) is 0 Å². The van der Waals surface area contributed by atoms with Gasteiger partial charge in [0.2, 0.25) is 0 Å². The number of aryl methyl sites for hydroxylation is 1. The first-order valence-electron chi connectivity index (χ1n) is 12.7. The van der Waals surface area contributed by atoms with E-state index in [4.69, 9.17) is 0 Å². The number of pyridine rings is 2. The van der Waals surface area contributed by atoms with E-state index in [0.717, 1.165) is 41.2 Å². The molecule has 0 saturated carbocycles. The number of hydrogen-bond donors (Lipinski definition) is 1. The molecule has 1 aromatic carbocycles. The van der Waals surface area contributed by atoms with Crippen molar-refractivity contribution in [1.29, 1.82) is 0 Å². The highest BCUT2D eigenvalue weighted by molar-refractivity contribution is 7.10. The predicted molar refractivity (Wildman–Crippen MR) is 156 cm³/mol. The van der Waals surface area contributed by atoms with Crippen molar-refractivity contribution in [3.05, 3.63) is 134 Å². The molecule has 0 bridgehead atoms. The van der Waals surface area contributed by atoms with E-state index in [2.05, 4.69) is 86.0 Å². The maximum atomic E-state index is 11.5. The second kappa shape index (κ2) is 12.9. The van der Waals surface area contributed by atoms with Gasteiger partial charge < -0.3 is 5.11 Å². The van der Waals surface area contributed by atoms with Crippen LogP contribution in [0, 0.1) is 6.92 Å². The summed E-state index contributed by atoms with van der Waals surface area (Å²) in [6.07, 6.45) is 3.68. The van der Waals surface area contributed by atoms with E-state index in [1.807, 2.05) is 36.7 Å². The number of phenolic OH excluding ortho intramolecular Hbond substituents is 1. The number of nitrogens with zero attached hydrogens (tertiary/aromatic N) is 4. The van der Waals surface area contributed by atoms with Gasteiger partial charge in [-0.15, -0.1) is 22.7 Å². The van der Waals surface area contributed by atoms with Gasteiger partial charge in [-0.05, 0) is 54.1 Å². The van der Waals surface area contributed by atoms with Crippen molar-refractivity contribution in [2.45, 2.75) is 46.2 Å². The van der Waals surface area contributed by atoms with Gasteiger partial charge in [0, 0.05) is 72.5 Å². The first-order valence-corrected chi connectivity index (χ1v) is 14.5. The highest BCUT2D eigenvalue weighted by Crippen LogP contribution is 2.29. The van der Waals surface area contributed by atoms with Crippen LogP contribution in [0.25, 0.3) is 0 Å². The standard InChI is InChI=1S/C31H32N4OS2/c1-24-16-25(18-34(22-29-10-6-14-37-29)20-27-8-2-4-12-32-27)31(36)26(17-24)19-35(23-30-11-7-15-38-30)21-28-9-3-5-13-33-28/h2-17,36H,18-23H2,1H3. The third kappa shape index (κ3) is 7.36. The Morgan fingerprint density at radius 2 is 1.13 bits per heavy atom. The van der Waals surface area contributed by atoms with Gasteiger partial charge in [0.25, 0.3) is 0 Å². The second-order valence-electron chi connectivity index (χ2n) is 9.52. The molecule has 7 heteroatoms. The summed E-state index contributed by atoms with van der Waals surface area (Å²) >= 11 is 3.52. The average molecular weight is 541 g/mol. The van der Waals surface area contributed by atoms with Crippen LogP contribution in [0.5, 0.6) is 5.75 Å².